The van der Waals surface area contributed by atoms with E-state index >= 15 is 0 Å². The molecule has 0 aromatic carbocycles. The molecule has 3 unspecified atom stereocenters. The van der Waals surface area contributed by atoms with Gasteiger partial charge >= 0.3 is 0 Å². The van der Waals surface area contributed by atoms with E-state index in [1.807, 2.05) is 18.5 Å². The highest BCUT2D eigenvalue weighted by atomic mass is 127. The predicted octanol–water partition coefficient (Wildman–Crippen LogP) is 2.03. The van der Waals surface area contributed by atoms with Gasteiger partial charge in [-0.25, -0.2) is 4.99 Å². The van der Waals surface area contributed by atoms with Crippen LogP contribution in [0.1, 0.15) is 43.8 Å². The first-order valence-electron chi connectivity index (χ1n) is 11.3. The van der Waals surface area contributed by atoms with E-state index in [1.165, 1.54) is 25.7 Å². The smallest absolute Gasteiger partial charge is 0.194 e. The second kappa shape index (κ2) is 11.1. The Morgan fingerprint density at radius 2 is 1.97 bits per heavy atom. The lowest BCUT2D eigenvalue weighted by molar-refractivity contribution is 0.0957. The molecule has 1 aromatic heterocycles. The Hall–Kier alpha value is -0.940. The number of rotatable bonds is 7. The summed E-state index contributed by atoms with van der Waals surface area (Å²) in [6, 6.07) is 0.840. The lowest BCUT2D eigenvalue weighted by atomic mass is 9.93. The SMILES string of the molecule is COCCCNC(=NCc1nnc(C)n1C)N1CCN(C2CC3CCC2C3)CC1.I. The minimum atomic E-state index is 0. The molecule has 1 N–H and O–H groups in total. The zero-order valence-electron chi connectivity index (χ0n) is 18.7. The van der Waals surface area contributed by atoms with E-state index in [0.29, 0.717) is 6.54 Å². The zero-order chi connectivity index (χ0) is 20.2. The maximum atomic E-state index is 5.19. The van der Waals surface area contributed by atoms with Crippen molar-refractivity contribution in [2.24, 2.45) is 23.9 Å². The molecule has 0 radical (unpaired) electrons. The van der Waals surface area contributed by atoms with Crippen LogP contribution in [0.25, 0.3) is 0 Å². The van der Waals surface area contributed by atoms with E-state index in [2.05, 4.69) is 25.3 Å². The Labute approximate surface area is 197 Å². The zero-order valence-corrected chi connectivity index (χ0v) is 21.0. The number of piperazine rings is 1. The third-order valence-corrected chi connectivity index (χ3v) is 7.14. The average molecular weight is 531 g/mol. The van der Waals surface area contributed by atoms with Crippen molar-refractivity contribution in [3.8, 4) is 0 Å². The number of aromatic nitrogens is 3. The first-order valence-corrected chi connectivity index (χ1v) is 11.3. The summed E-state index contributed by atoms with van der Waals surface area (Å²) < 4.78 is 7.20. The molecule has 1 saturated heterocycles. The second-order valence-corrected chi connectivity index (χ2v) is 8.90. The van der Waals surface area contributed by atoms with E-state index in [1.54, 1.807) is 7.11 Å². The van der Waals surface area contributed by atoms with Gasteiger partial charge in [-0.1, -0.05) is 6.42 Å². The van der Waals surface area contributed by atoms with Crippen molar-refractivity contribution >= 4 is 29.9 Å². The predicted molar refractivity (Wildman–Crippen MR) is 129 cm³/mol. The highest BCUT2D eigenvalue weighted by molar-refractivity contribution is 14.0. The number of hydrogen-bond acceptors (Lipinski definition) is 5. The van der Waals surface area contributed by atoms with Gasteiger partial charge in [0.2, 0.25) is 0 Å². The number of aryl methyl sites for hydroxylation is 1. The van der Waals surface area contributed by atoms with Gasteiger partial charge in [0.25, 0.3) is 0 Å². The lowest BCUT2D eigenvalue weighted by Gasteiger charge is -2.42. The Morgan fingerprint density at radius 3 is 2.57 bits per heavy atom. The Balaban J connectivity index is 0.00000256. The van der Waals surface area contributed by atoms with Crippen LogP contribution in [-0.2, 0) is 18.3 Å². The molecule has 8 nitrogen and oxygen atoms in total. The molecule has 170 valence electrons. The van der Waals surface area contributed by atoms with Crippen molar-refractivity contribution in [1.29, 1.82) is 0 Å². The molecule has 2 heterocycles. The quantitative estimate of drug-likeness (QED) is 0.252. The molecular weight excluding hydrogens is 493 g/mol. The summed E-state index contributed by atoms with van der Waals surface area (Å²) in [5.41, 5.74) is 0. The van der Waals surface area contributed by atoms with Gasteiger partial charge in [0.15, 0.2) is 11.8 Å². The summed E-state index contributed by atoms with van der Waals surface area (Å²) in [6.45, 7) is 8.54. The summed E-state index contributed by atoms with van der Waals surface area (Å²) in [6.07, 6.45) is 6.83. The molecule has 2 bridgehead atoms. The highest BCUT2D eigenvalue weighted by Crippen LogP contribution is 2.46. The van der Waals surface area contributed by atoms with E-state index in [0.717, 1.165) is 81.2 Å². The van der Waals surface area contributed by atoms with Gasteiger partial charge in [-0.3, -0.25) is 4.90 Å². The van der Waals surface area contributed by atoms with Crippen LogP contribution in [0.15, 0.2) is 4.99 Å². The second-order valence-electron chi connectivity index (χ2n) is 8.90. The summed E-state index contributed by atoms with van der Waals surface area (Å²) in [4.78, 5) is 10.1. The van der Waals surface area contributed by atoms with Crippen LogP contribution in [0, 0.1) is 18.8 Å². The monoisotopic (exact) mass is 531 g/mol. The minimum absolute atomic E-state index is 0. The van der Waals surface area contributed by atoms with Crippen LogP contribution in [-0.4, -0.2) is 83.0 Å². The van der Waals surface area contributed by atoms with Crippen LogP contribution < -0.4 is 5.32 Å². The molecule has 0 spiro atoms. The van der Waals surface area contributed by atoms with Gasteiger partial charge in [-0.05, 0) is 44.4 Å². The van der Waals surface area contributed by atoms with Crippen LogP contribution in [0.4, 0.5) is 0 Å². The van der Waals surface area contributed by atoms with E-state index in [9.17, 15) is 0 Å². The summed E-state index contributed by atoms with van der Waals surface area (Å²) in [5, 5.41) is 12.0. The molecule has 3 fully saturated rings. The van der Waals surface area contributed by atoms with E-state index < -0.39 is 0 Å². The molecule has 1 aliphatic heterocycles. The normalized spacial score (nSPS) is 26.8. The standard InChI is InChI=1S/C21H37N7O.HI/c1-16-24-25-20(26(16)2)15-23-21(22-7-4-12-29-3)28-10-8-27(9-11-28)19-14-17-5-6-18(19)13-17;/h17-19H,4-15H2,1-3H3,(H,22,23);1H. The number of nitrogens with zero attached hydrogens (tertiary/aromatic N) is 6. The minimum Gasteiger partial charge on any atom is -0.385 e. The van der Waals surface area contributed by atoms with Crippen molar-refractivity contribution in [3.05, 3.63) is 11.6 Å². The van der Waals surface area contributed by atoms with Gasteiger partial charge < -0.3 is 19.5 Å². The van der Waals surface area contributed by atoms with Crippen molar-refractivity contribution in [2.75, 3.05) is 46.4 Å². The van der Waals surface area contributed by atoms with Gasteiger partial charge in [-0.2, -0.15) is 0 Å². The number of halogens is 1. The summed E-state index contributed by atoms with van der Waals surface area (Å²) >= 11 is 0. The molecule has 3 atom stereocenters. The molecule has 30 heavy (non-hydrogen) atoms. The van der Waals surface area contributed by atoms with Crippen molar-refractivity contribution in [1.82, 2.24) is 29.9 Å². The maximum Gasteiger partial charge on any atom is 0.194 e. The Bertz CT molecular complexity index is 702. The third kappa shape index (κ3) is 5.45. The van der Waals surface area contributed by atoms with E-state index in [-0.39, 0.29) is 24.0 Å². The topological polar surface area (TPSA) is 70.8 Å². The van der Waals surface area contributed by atoms with Crippen molar-refractivity contribution in [3.63, 3.8) is 0 Å². The number of fused-ring (bicyclic) bond motifs is 2. The molecule has 0 amide bonds. The Kier molecular flexibility index (Phi) is 8.76. The van der Waals surface area contributed by atoms with Gasteiger partial charge in [0.1, 0.15) is 12.4 Å². The molecular formula is C21H38IN7O. The van der Waals surface area contributed by atoms with Gasteiger partial charge in [0, 0.05) is 59.5 Å². The summed E-state index contributed by atoms with van der Waals surface area (Å²) in [5.74, 6) is 4.79. The van der Waals surface area contributed by atoms with Crippen LogP contribution >= 0.6 is 24.0 Å². The molecule has 2 saturated carbocycles. The van der Waals surface area contributed by atoms with Crippen molar-refractivity contribution in [2.45, 2.75) is 51.6 Å². The highest BCUT2D eigenvalue weighted by Gasteiger charge is 2.42. The van der Waals surface area contributed by atoms with Crippen LogP contribution in [0.2, 0.25) is 0 Å². The number of hydrogen-bond donors (Lipinski definition) is 1. The average Bonchev–Trinajstić information content (AvgIpc) is 3.46. The molecule has 3 aliphatic rings. The van der Waals surface area contributed by atoms with E-state index in [4.69, 9.17) is 9.73 Å². The van der Waals surface area contributed by atoms with Gasteiger partial charge in [0.05, 0.1) is 0 Å². The van der Waals surface area contributed by atoms with Crippen LogP contribution in [0.3, 0.4) is 0 Å². The van der Waals surface area contributed by atoms with Crippen molar-refractivity contribution < 1.29 is 4.74 Å². The number of aliphatic imine (C=N–C) groups is 1. The Morgan fingerprint density at radius 1 is 1.17 bits per heavy atom. The third-order valence-electron chi connectivity index (χ3n) is 7.14. The fourth-order valence-corrected chi connectivity index (χ4v) is 5.34. The molecule has 4 rings (SSSR count). The lowest BCUT2D eigenvalue weighted by Crippen LogP contribution is -2.55. The fourth-order valence-electron chi connectivity index (χ4n) is 5.34. The number of nitrogens with one attached hydrogen (secondary N) is 1. The fraction of sp³-hybridized carbons (Fsp3) is 0.857. The molecule has 9 heteroatoms. The van der Waals surface area contributed by atoms with Crippen LogP contribution in [0.5, 0.6) is 0 Å². The van der Waals surface area contributed by atoms with Gasteiger partial charge in [-0.15, -0.1) is 34.2 Å². The number of methoxy groups -OCH3 is 1. The molecule has 1 aromatic rings. The largest absolute Gasteiger partial charge is 0.385 e. The summed E-state index contributed by atoms with van der Waals surface area (Å²) in [7, 11) is 3.75. The number of ether oxygens (including phenoxy) is 1. The first kappa shape index (κ1) is 23.7. The first-order chi connectivity index (χ1) is 14.2. The maximum absolute atomic E-state index is 5.19. The number of guanidine groups is 1. The molecule has 2 aliphatic carbocycles.